The molecule has 1 rings (SSSR count). The fraction of sp³-hybridized carbons (Fsp3) is 0. The van der Waals surface area contributed by atoms with E-state index in [2.05, 4.69) is 20.1 Å². The lowest BCUT2D eigenvalue weighted by Crippen LogP contribution is -2.08. The Morgan fingerprint density at radius 1 is 1.60 bits per heavy atom. The van der Waals surface area contributed by atoms with Crippen molar-refractivity contribution >= 4 is 7.82 Å². The van der Waals surface area contributed by atoms with E-state index in [0.29, 0.717) is 4.85 Å². The first kappa shape index (κ1) is 7.13. The van der Waals surface area contributed by atoms with E-state index in [4.69, 9.17) is 9.79 Å². The van der Waals surface area contributed by atoms with E-state index >= 15 is 0 Å². The van der Waals surface area contributed by atoms with Crippen molar-refractivity contribution in [3.63, 3.8) is 0 Å². The van der Waals surface area contributed by atoms with E-state index in [1.165, 1.54) is 0 Å². The molecule has 1 aromatic heterocycles. The molecular weight excluding hydrogens is 163 g/mol. The van der Waals surface area contributed by atoms with Crippen LogP contribution >= 0.6 is 7.82 Å². The van der Waals surface area contributed by atoms with Gasteiger partial charge in [0.2, 0.25) is 0 Å². The van der Waals surface area contributed by atoms with Gasteiger partial charge in [0.1, 0.15) is 0 Å². The summed E-state index contributed by atoms with van der Waals surface area (Å²) in [6, 6.07) is 0. The van der Waals surface area contributed by atoms with Gasteiger partial charge in [-0.3, -0.25) is 14.4 Å². The summed E-state index contributed by atoms with van der Waals surface area (Å²) in [5.41, 5.74) is 0. The molecule has 1 heterocycles. The van der Waals surface area contributed by atoms with Gasteiger partial charge in [-0.1, -0.05) is 4.85 Å². The number of phosphoric acid groups is 1. The Kier molecular flexibility index (Phi) is 1.66. The number of rotatable bonds is 2. The minimum Gasteiger partial charge on any atom is -0.292 e. The highest BCUT2D eigenvalue weighted by atomic mass is 31.2. The average Bonchev–Trinajstić information content (AvgIpc) is 2.12. The lowest BCUT2D eigenvalue weighted by Gasteiger charge is -2.01. The SMILES string of the molecule is O=P(O)(O)On1cnnn1. The maximum atomic E-state index is 10.1. The molecule has 0 amide bonds. The smallest absolute Gasteiger partial charge is 0.292 e. The van der Waals surface area contributed by atoms with Crippen LogP contribution in [-0.2, 0) is 4.57 Å². The van der Waals surface area contributed by atoms with Gasteiger partial charge in [0, 0.05) is 0 Å². The van der Waals surface area contributed by atoms with Gasteiger partial charge >= 0.3 is 7.82 Å². The highest BCUT2D eigenvalue weighted by Crippen LogP contribution is 2.30. The number of tetrazole rings is 1. The van der Waals surface area contributed by atoms with Crippen molar-refractivity contribution in [2.24, 2.45) is 0 Å². The molecule has 1 aromatic rings. The van der Waals surface area contributed by atoms with Crippen molar-refractivity contribution in [2.75, 3.05) is 0 Å². The van der Waals surface area contributed by atoms with Gasteiger partial charge in [0.15, 0.2) is 6.33 Å². The third-order valence-corrected chi connectivity index (χ3v) is 0.900. The molecule has 2 N–H and O–H groups in total. The van der Waals surface area contributed by atoms with E-state index < -0.39 is 7.82 Å². The van der Waals surface area contributed by atoms with Crippen LogP contribution in [0.1, 0.15) is 0 Å². The molecule has 10 heavy (non-hydrogen) atoms. The fourth-order valence-corrected chi connectivity index (χ4v) is 0.592. The molecular formula is CH3N4O4P. The number of nitrogens with zero attached hydrogens (tertiary/aromatic N) is 4. The second-order valence-corrected chi connectivity index (χ2v) is 2.43. The molecule has 0 saturated carbocycles. The Labute approximate surface area is 54.6 Å². The first-order chi connectivity index (χ1) is 4.58. The topological polar surface area (TPSA) is 110 Å². The second-order valence-electron chi connectivity index (χ2n) is 1.28. The molecule has 0 spiro atoms. The predicted octanol–water partition coefficient (Wildman–Crippen LogP) is -1.81. The lowest BCUT2D eigenvalue weighted by atomic mass is 11.4. The maximum Gasteiger partial charge on any atom is 0.545 e. The Hall–Kier alpha value is -0.980. The van der Waals surface area contributed by atoms with E-state index in [1.54, 1.807) is 0 Å². The number of aromatic nitrogens is 4. The third kappa shape index (κ3) is 2.09. The average molecular weight is 166 g/mol. The molecule has 0 bridgehead atoms. The van der Waals surface area contributed by atoms with Crippen LogP contribution in [0.4, 0.5) is 0 Å². The standard InChI is InChI=1S/CH3N4O4P/c6-10(7,8)9-5-1-2-3-4-5/h1H,(H2,6,7,8). The zero-order chi connectivity index (χ0) is 7.61. The van der Waals surface area contributed by atoms with Gasteiger partial charge in [-0.25, -0.2) is 4.57 Å². The quantitative estimate of drug-likeness (QED) is 0.498. The van der Waals surface area contributed by atoms with Crippen LogP contribution in [-0.4, -0.2) is 30.2 Å². The fourth-order valence-electron chi connectivity index (χ4n) is 0.299. The van der Waals surface area contributed by atoms with Crippen LogP contribution in [0.2, 0.25) is 0 Å². The van der Waals surface area contributed by atoms with Crippen molar-refractivity contribution in [3.8, 4) is 0 Å². The van der Waals surface area contributed by atoms with E-state index in [-0.39, 0.29) is 0 Å². The van der Waals surface area contributed by atoms with Gasteiger partial charge in [-0.2, -0.15) is 0 Å². The summed E-state index contributed by atoms with van der Waals surface area (Å²) in [6.45, 7) is 0. The minimum absolute atomic E-state index is 0.473. The summed E-state index contributed by atoms with van der Waals surface area (Å²) in [6.07, 6.45) is 0.916. The first-order valence-electron chi connectivity index (χ1n) is 2.06. The highest BCUT2D eigenvalue weighted by molar-refractivity contribution is 7.46. The van der Waals surface area contributed by atoms with Crippen LogP contribution in [0, 0.1) is 0 Å². The monoisotopic (exact) mass is 166 g/mol. The molecule has 0 aliphatic carbocycles. The zero-order valence-electron chi connectivity index (χ0n) is 4.52. The van der Waals surface area contributed by atoms with Crippen LogP contribution in [0.3, 0.4) is 0 Å². The van der Waals surface area contributed by atoms with Crippen molar-refractivity contribution in [1.29, 1.82) is 0 Å². The van der Waals surface area contributed by atoms with Gasteiger partial charge in [-0.15, -0.1) is 5.10 Å². The summed E-state index contributed by atoms with van der Waals surface area (Å²) < 4.78 is 13.9. The number of hydrogen-bond acceptors (Lipinski definition) is 5. The Morgan fingerprint density at radius 2 is 2.30 bits per heavy atom. The Bertz CT molecular complexity index is 238. The molecule has 0 fully saturated rings. The maximum absolute atomic E-state index is 10.1. The molecule has 56 valence electrons. The van der Waals surface area contributed by atoms with Gasteiger partial charge < -0.3 is 0 Å². The first-order valence-corrected chi connectivity index (χ1v) is 3.59. The van der Waals surface area contributed by atoms with Crippen molar-refractivity contribution in [2.45, 2.75) is 0 Å². The Morgan fingerprint density at radius 3 is 2.70 bits per heavy atom. The van der Waals surface area contributed by atoms with Crippen LogP contribution < -0.4 is 4.62 Å². The highest BCUT2D eigenvalue weighted by Gasteiger charge is 2.16. The van der Waals surface area contributed by atoms with Gasteiger partial charge in [-0.05, 0) is 10.4 Å². The Balaban J connectivity index is 2.66. The molecule has 0 radical (unpaired) electrons. The molecule has 0 aromatic carbocycles. The molecule has 0 unspecified atom stereocenters. The number of hydrogen-bond donors (Lipinski definition) is 2. The summed E-state index contributed by atoms with van der Waals surface area (Å²) in [5.74, 6) is 0. The summed E-state index contributed by atoms with van der Waals surface area (Å²) >= 11 is 0. The van der Waals surface area contributed by atoms with Crippen LogP contribution in [0.15, 0.2) is 6.33 Å². The zero-order valence-corrected chi connectivity index (χ0v) is 5.42. The van der Waals surface area contributed by atoms with Crippen molar-refractivity contribution in [1.82, 2.24) is 20.4 Å². The van der Waals surface area contributed by atoms with Gasteiger partial charge in [0.25, 0.3) is 0 Å². The molecule has 8 nitrogen and oxygen atoms in total. The van der Waals surface area contributed by atoms with E-state index in [0.717, 1.165) is 6.33 Å². The van der Waals surface area contributed by atoms with Crippen LogP contribution in [0.5, 0.6) is 0 Å². The van der Waals surface area contributed by atoms with Crippen molar-refractivity contribution in [3.05, 3.63) is 6.33 Å². The minimum atomic E-state index is -4.53. The molecule has 0 aliphatic rings. The largest absolute Gasteiger partial charge is 0.545 e. The summed E-state index contributed by atoms with van der Waals surface area (Å²) in [7, 11) is -4.53. The molecule has 9 heteroatoms. The second kappa shape index (κ2) is 2.33. The lowest BCUT2D eigenvalue weighted by molar-refractivity contribution is 0.150. The van der Waals surface area contributed by atoms with E-state index in [9.17, 15) is 4.57 Å². The summed E-state index contributed by atoms with van der Waals surface area (Å²) in [4.78, 5) is 16.8. The molecule has 0 aliphatic heterocycles. The van der Waals surface area contributed by atoms with Crippen LogP contribution in [0.25, 0.3) is 0 Å². The summed E-state index contributed by atoms with van der Waals surface area (Å²) in [5, 5.41) is 9.18. The van der Waals surface area contributed by atoms with Crippen molar-refractivity contribution < 1.29 is 19.0 Å². The van der Waals surface area contributed by atoms with Gasteiger partial charge in [0.05, 0.1) is 0 Å². The normalized spacial score (nSPS) is 11.4. The third-order valence-electron chi connectivity index (χ3n) is 0.520. The van der Waals surface area contributed by atoms with E-state index in [1.807, 2.05) is 0 Å². The molecule has 0 atom stereocenters. The molecule has 0 saturated heterocycles. The predicted molar refractivity (Wildman–Crippen MR) is 26.4 cm³/mol.